The SMILES string of the molecule is Cc1cc(N)ccc1NC(=O)CS(=O)(=O)c1cccs1. The van der Waals surface area contributed by atoms with Crippen LogP contribution in [0.5, 0.6) is 0 Å². The number of thiophene rings is 1. The number of hydrogen-bond acceptors (Lipinski definition) is 5. The van der Waals surface area contributed by atoms with Crippen LogP contribution in [-0.2, 0) is 14.6 Å². The summed E-state index contributed by atoms with van der Waals surface area (Å²) in [6.45, 7) is 1.79. The van der Waals surface area contributed by atoms with Crippen molar-refractivity contribution in [2.45, 2.75) is 11.1 Å². The van der Waals surface area contributed by atoms with Gasteiger partial charge in [-0.05, 0) is 42.1 Å². The molecule has 1 amide bonds. The summed E-state index contributed by atoms with van der Waals surface area (Å²) in [5.74, 6) is -1.14. The van der Waals surface area contributed by atoms with Crippen molar-refractivity contribution in [2.24, 2.45) is 0 Å². The lowest BCUT2D eigenvalue weighted by atomic mass is 10.2. The first-order valence-electron chi connectivity index (χ1n) is 5.81. The first-order chi connectivity index (χ1) is 9.38. The average molecular weight is 310 g/mol. The minimum absolute atomic E-state index is 0.196. The minimum atomic E-state index is -3.58. The number of hydrogen-bond donors (Lipinski definition) is 2. The molecule has 1 aromatic carbocycles. The molecular formula is C13H14N2O3S2. The molecule has 0 saturated carbocycles. The first-order valence-corrected chi connectivity index (χ1v) is 8.34. The summed E-state index contributed by atoms with van der Waals surface area (Å²) in [7, 11) is -3.58. The highest BCUT2D eigenvalue weighted by Gasteiger charge is 2.20. The van der Waals surface area contributed by atoms with Gasteiger partial charge in [0, 0.05) is 11.4 Å². The zero-order valence-electron chi connectivity index (χ0n) is 10.8. The maximum Gasteiger partial charge on any atom is 0.240 e. The number of benzene rings is 1. The van der Waals surface area contributed by atoms with Gasteiger partial charge in [0.1, 0.15) is 9.96 Å². The van der Waals surface area contributed by atoms with E-state index in [-0.39, 0.29) is 4.21 Å². The molecule has 2 aromatic rings. The Labute approximate surface area is 121 Å². The van der Waals surface area contributed by atoms with Crippen LogP contribution in [-0.4, -0.2) is 20.1 Å². The number of nitrogen functional groups attached to an aromatic ring is 1. The van der Waals surface area contributed by atoms with E-state index in [4.69, 9.17) is 5.73 Å². The summed E-state index contributed by atoms with van der Waals surface area (Å²) in [6, 6.07) is 8.14. The van der Waals surface area contributed by atoms with E-state index in [2.05, 4.69) is 5.32 Å². The molecule has 3 N–H and O–H groups in total. The van der Waals surface area contributed by atoms with Crippen LogP contribution >= 0.6 is 11.3 Å². The van der Waals surface area contributed by atoms with Crippen molar-refractivity contribution in [2.75, 3.05) is 16.8 Å². The molecule has 0 bridgehead atoms. The second kappa shape index (κ2) is 5.64. The molecule has 0 spiro atoms. The molecule has 1 aromatic heterocycles. The quantitative estimate of drug-likeness (QED) is 0.846. The molecule has 1 heterocycles. The maximum absolute atomic E-state index is 12.0. The summed E-state index contributed by atoms with van der Waals surface area (Å²) in [5.41, 5.74) is 7.55. The summed E-state index contributed by atoms with van der Waals surface area (Å²) in [4.78, 5) is 11.8. The monoisotopic (exact) mass is 310 g/mol. The number of carbonyl (C=O) groups excluding carboxylic acids is 1. The van der Waals surface area contributed by atoms with E-state index in [9.17, 15) is 13.2 Å². The Balaban J connectivity index is 2.10. The molecule has 0 unspecified atom stereocenters. The first kappa shape index (κ1) is 14.5. The molecule has 0 aliphatic carbocycles. The molecule has 20 heavy (non-hydrogen) atoms. The number of anilines is 2. The van der Waals surface area contributed by atoms with Gasteiger partial charge < -0.3 is 11.1 Å². The van der Waals surface area contributed by atoms with E-state index in [0.29, 0.717) is 11.4 Å². The van der Waals surface area contributed by atoms with Crippen LogP contribution in [0.2, 0.25) is 0 Å². The Kier molecular flexibility index (Phi) is 4.10. The topological polar surface area (TPSA) is 89.3 Å². The van der Waals surface area contributed by atoms with Crippen LogP contribution in [0.3, 0.4) is 0 Å². The zero-order valence-corrected chi connectivity index (χ0v) is 12.4. The third-order valence-electron chi connectivity index (χ3n) is 2.65. The van der Waals surface area contributed by atoms with Crippen LogP contribution in [0.15, 0.2) is 39.9 Å². The van der Waals surface area contributed by atoms with Gasteiger partial charge in [0.15, 0.2) is 9.84 Å². The Morgan fingerprint density at radius 3 is 2.70 bits per heavy atom. The largest absolute Gasteiger partial charge is 0.399 e. The highest BCUT2D eigenvalue weighted by atomic mass is 32.2. The molecule has 7 heteroatoms. The number of rotatable bonds is 4. The lowest BCUT2D eigenvalue weighted by Crippen LogP contribution is -2.22. The van der Waals surface area contributed by atoms with E-state index in [1.165, 1.54) is 6.07 Å². The number of amides is 1. The van der Waals surface area contributed by atoms with Crippen molar-refractivity contribution < 1.29 is 13.2 Å². The number of sulfone groups is 1. The minimum Gasteiger partial charge on any atom is -0.399 e. The molecule has 0 aliphatic heterocycles. The molecular weight excluding hydrogens is 296 g/mol. The van der Waals surface area contributed by atoms with Crippen LogP contribution in [0.25, 0.3) is 0 Å². The van der Waals surface area contributed by atoms with Crippen molar-refractivity contribution in [1.29, 1.82) is 0 Å². The predicted molar refractivity (Wildman–Crippen MR) is 80.6 cm³/mol. The van der Waals surface area contributed by atoms with Crippen LogP contribution in [0.1, 0.15) is 5.56 Å². The number of aryl methyl sites for hydroxylation is 1. The number of nitrogens with one attached hydrogen (secondary N) is 1. The second-order valence-electron chi connectivity index (χ2n) is 4.31. The molecule has 0 saturated heterocycles. The molecule has 5 nitrogen and oxygen atoms in total. The fraction of sp³-hybridized carbons (Fsp3) is 0.154. The highest BCUT2D eigenvalue weighted by molar-refractivity contribution is 7.94. The summed E-state index contributed by atoms with van der Waals surface area (Å²) in [6.07, 6.45) is 0. The van der Waals surface area contributed by atoms with Gasteiger partial charge in [-0.15, -0.1) is 11.3 Å². The predicted octanol–water partition coefficient (Wildman–Crippen LogP) is 2.05. The van der Waals surface area contributed by atoms with Gasteiger partial charge >= 0.3 is 0 Å². The van der Waals surface area contributed by atoms with Crippen LogP contribution < -0.4 is 11.1 Å². The normalized spacial score (nSPS) is 11.2. The van der Waals surface area contributed by atoms with Gasteiger partial charge in [0.25, 0.3) is 0 Å². The number of carbonyl (C=O) groups is 1. The van der Waals surface area contributed by atoms with Gasteiger partial charge in [-0.25, -0.2) is 8.42 Å². The Hall–Kier alpha value is -1.86. The second-order valence-corrected chi connectivity index (χ2v) is 7.48. The van der Waals surface area contributed by atoms with Gasteiger partial charge in [-0.2, -0.15) is 0 Å². The summed E-state index contributed by atoms with van der Waals surface area (Å²) < 4.78 is 24.1. The molecule has 0 fully saturated rings. The van der Waals surface area contributed by atoms with E-state index < -0.39 is 21.5 Å². The Morgan fingerprint density at radius 1 is 1.35 bits per heavy atom. The molecule has 0 radical (unpaired) electrons. The van der Waals surface area contributed by atoms with Crippen molar-refractivity contribution in [3.63, 3.8) is 0 Å². The molecule has 0 aliphatic rings. The van der Waals surface area contributed by atoms with Crippen LogP contribution in [0, 0.1) is 6.92 Å². The van der Waals surface area contributed by atoms with Gasteiger partial charge in [-0.1, -0.05) is 6.07 Å². The van der Waals surface area contributed by atoms with Gasteiger partial charge in [0.2, 0.25) is 5.91 Å². The summed E-state index contributed by atoms with van der Waals surface area (Å²) >= 11 is 1.10. The van der Waals surface area contributed by atoms with Crippen molar-refractivity contribution in [3.05, 3.63) is 41.3 Å². The summed E-state index contributed by atoms with van der Waals surface area (Å²) in [5, 5.41) is 4.25. The highest BCUT2D eigenvalue weighted by Crippen LogP contribution is 2.20. The maximum atomic E-state index is 12.0. The third kappa shape index (κ3) is 3.37. The van der Waals surface area contributed by atoms with Crippen molar-refractivity contribution in [1.82, 2.24) is 0 Å². The van der Waals surface area contributed by atoms with Crippen LogP contribution in [0.4, 0.5) is 11.4 Å². The van der Waals surface area contributed by atoms with Gasteiger partial charge in [-0.3, -0.25) is 4.79 Å². The Morgan fingerprint density at radius 2 is 2.10 bits per heavy atom. The fourth-order valence-corrected chi connectivity index (χ4v) is 3.92. The van der Waals surface area contributed by atoms with E-state index in [0.717, 1.165) is 16.9 Å². The van der Waals surface area contributed by atoms with E-state index in [1.54, 1.807) is 36.6 Å². The smallest absolute Gasteiger partial charge is 0.240 e. The lowest BCUT2D eigenvalue weighted by molar-refractivity contribution is -0.113. The van der Waals surface area contributed by atoms with E-state index >= 15 is 0 Å². The zero-order chi connectivity index (χ0) is 14.8. The third-order valence-corrected chi connectivity index (χ3v) is 5.75. The lowest BCUT2D eigenvalue weighted by Gasteiger charge is -2.09. The Bertz CT molecular complexity index is 722. The van der Waals surface area contributed by atoms with E-state index in [1.807, 2.05) is 0 Å². The average Bonchev–Trinajstić information content (AvgIpc) is 2.86. The molecule has 2 rings (SSSR count). The van der Waals surface area contributed by atoms with Crippen molar-refractivity contribution >= 4 is 38.5 Å². The standard InChI is InChI=1S/C13H14N2O3S2/c1-9-7-10(14)4-5-11(9)15-12(16)8-20(17,18)13-3-2-6-19-13/h2-7H,8,14H2,1H3,(H,15,16). The number of nitrogens with two attached hydrogens (primary N) is 1. The fourth-order valence-electron chi connectivity index (χ4n) is 1.70. The molecule has 106 valence electrons. The molecule has 0 atom stereocenters. The van der Waals surface area contributed by atoms with Gasteiger partial charge in [0.05, 0.1) is 0 Å². The van der Waals surface area contributed by atoms with Crippen molar-refractivity contribution in [3.8, 4) is 0 Å².